The van der Waals surface area contributed by atoms with Gasteiger partial charge >= 0.3 is 0 Å². The number of amides is 2. The molecule has 0 radical (unpaired) electrons. The molecule has 7 heteroatoms. The Kier molecular flexibility index (Phi) is 6.44. The van der Waals surface area contributed by atoms with E-state index in [9.17, 15) is 9.59 Å². The first kappa shape index (κ1) is 21.5. The number of piperidine rings is 1. The van der Waals surface area contributed by atoms with Crippen LogP contribution >= 0.6 is 0 Å². The molecule has 0 atom stereocenters. The predicted octanol–water partition coefficient (Wildman–Crippen LogP) is 4.03. The predicted molar refractivity (Wildman–Crippen MR) is 125 cm³/mol. The van der Waals surface area contributed by atoms with Gasteiger partial charge in [-0.1, -0.05) is 30.3 Å². The molecule has 0 unspecified atom stereocenters. The fraction of sp³-hybridized carbons (Fsp3) is 0.280. The van der Waals surface area contributed by atoms with E-state index < -0.39 is 0 Å². The zero-order valence-corrected chi connectivity index (χ0v) is 18.3. The standard InChI is InChI=1S/C25H26N4O3/c1-3-32-20-8-6-7-18(15-20)24-16-22(21-9-4-5-10-23(21)26-24)25(31)28-27-19-11-13-29(14-12-19)17(2)30/h4-10,15-16H,3,11-14H2,1-2H3,(H,28,31). The number of nitrogens with one attached hydrogen (secondary N) is 1. The Hall–Kier alpha value is -3.74. The smallest absolute Gasteiger partial charge is 0.272 e. The molecule has 1 saturated heterocycles. The molecular weight excluding hydrogens is 404 g/mol. The molecular formula is C25H26N4O3. The van der Waals surface area contributed by atoms with Crippen LogP contribution in [0.5, 0.6) is 5.75 Å². The van der Waals surface area contributed by atoms with Gasteiger partial charge in [0.05, 0.1) is 23.4 Å². The molecule has 164 valence electrons. The van der Waals surface area contributed by atoms with Gasteiger partial charge in [0, 0.05) is 49.5 Å². The van der Waals surface area contributed by atoms with E-state index in [1.807, 2.05) is 55.5 Å². The van der Waals surface area contributed by atoms with Gasteiger partial charge in [-0.25, -0.2) is 10.4 Å². The van der Waals surface area contributed by atoms with E-state index in [1.165, 1.54) is 0 Å². The third kappa shape index (κ3) is 4.77. The highest BCUT2D eigenvalue weighted by Crippen LogP contribution is 2.27. The number of carbonyl (C=O) groups excluding carboxylic acids is 2. The van der Waals surface area contributed by atoms with Crippen LogP contribution in [0.25, 0.3) is 22.2 Å². The normalized spacial score (nSPS) is 13.7. The van der Waals surface area contributed by atoms with Gasteiger partial charge < -0.3 is 9.64 Å². The minimum Gasteiger partial charge on any atom is -0.494 e. The lowest BCUT2D eigenvalue weighted by Crippen LogP contribution is -2.37. The Balaban J connectivity index is 1.62. The zero-order valence-electron chi connectivity index (χ0n) is 18.3. The van der Waals surface area contributed by atoms with Gasteiger partial charge in [0.1, 0.15) is 5.75 Å². The van der Waals surface area contributed by atoms with E-state index in [4.69, 9.17) is 9.72 Å². The number of rotatable bonds is 5. The average molecular weight is 431 g/mol. The maximum absolute atomic E-state index is 13.1. The van der Waals surface area contributed by atoms with Gasteiger partial charge in [-0.3, -0.25) is 9.59 Å². The molecule has 1 fully saturated rings. The van der Waals surface area contributed by atoms with E-state index in [0.29, 0.717) is 43.8 Å². The van der Waals surface area contributed by atoms with Crippen molar-refractivity contribution >= 4 is 28.4 Å². The minimum atomic E-state index is -0.285. The first-order valence-electron chi connectivity index (χ1n) is 10.8. The number of para-hydroxylation sites is 1. The van der Waals surface area contributed by atoms with Crippen molar-refractivity contribution < 1.29 is 14.3 Å². The average Bonchev–Trinajstić information content (AvgIpc) is 2.82. The molecule has 4 rings (SSSR count). The Morgan fingerprint density at radius 3 is 2.62 bits per heavy atom. The third-order valence-corrected chi connectivity index (χ3v) is 5.50. The van der Waals surface area contributed by atoms with Crippen molar-refractivity contribution in [2.24, 2.45) is 5.10 Å². The summed E-state index contributed by atoms with van der Waals surface area (Å²) in [6.07, 6.45) is 1.32. The van der Waals surface area contributed by atoms with Crippen molar-refractivity contribution in [1.82, 2.24) is 15.3 Å². The number of hydrogen-bond donors (Lipinski definition) is 1. The van der Waals surface area contributed by atoms with Crippen molar-refractivity contribution in [1.29, 1.82) is 0 Å². The monoisotopic (exact) mass is 430 g/mol. The van der Waals surface area contributed by atoms with Gasteiger partial charge in [-0.05, 0) is 31.2 Å². The van der Waals surface area contributed by atoms with Crippen LogP contribution in [0.2, 0.25) is 0 Å². The maximum atomic E-state index is 13.1. The Labute approximate surface area is 187 Å². The van der Waals surface area contributed by atoms with Crippen LogP contribution in [0.3, 0.4) is 0 Å². The highest BCUT2D eigenvalue weighted by molar-refractivity contribution is 6.07. The summed E-state index contributed by atoms with van der Waals surface area (Å²) in [4.78, 5) is 31.1. The Morgan fingerprint density at radius 2 is 1.88 bits per heavy atom. The lowest BCUT2D eigenvalue weighted by molar-refractivity contribution is -0.128. The lowest BCUT2D eigenvalue weighted by atomic mass is 10.0. The molecule has 2 heterocycles. The highest BCUT2D eigenvalue weighted by atomic mass is 16.5. The summed E-state index contributed by atoms with van der Waals surface area (Å²) in [6.45, 7) is 5.34. The molecule has 0 aliphatic carbocycles. The SMILES string of the molecule is CCOc1cccc(-c2cc(C(=O)NN=C3CCN(C(C)=O)CC3)c3ccccc3n2)c1. The lowest BCUT2D eigenvalue weighted by Gasteiger charge is -2.26. The van der Waals surface area contributed by atoms with E-state index in [1.54, 1.807) is 17.9 Å². The van der Waals surface area contributed by atoms with Gasteiger partial charge in [0.25, 0.3) is 5.91 Å². The second-order valence-electron chi connectivity index (χ2n) is 7.66. The van der Waals surface area contributed by atoms with E-state index in [0.717, 1.165) is 27.9 Å². The summed E-state index contributed by atoms with van der Waals surface area (Å²) in [5.74, 6) is 0.541. The van der Waals surface area contributed by atoms with E-state index in [-0.39, 0.29) is 11.8 Å². The second kappa shape index (κ2) is 9.60. The van der Waals surface area contributed by atoms with Crippen LogP contribution in [0.4, 0.5) is 0 Å². The third-order valence-electron chi connectivity index (χ3n) is 5.50. The number of ether oxygens (including phenoxy) is 1. The number of hydrazone groups is 1. The summed E-state index contributed by atoms with van der Waals surface area (Å²) in [7, 11) is 0. The van der Waals surface area contributed by atoms with Crippen LogP contribution in [0, 0.1) is 0 Å². The number of aromatic nitrogens is 1. The summed E-state index contributed by atoms with van der Waals surface area (Å²) in [5.41, 5.74) is 6.41. The van der Waals surface area contributed by atoms with Gasteiger partial charge in [-0.15, -0.1) is 0 Å². The first-order valence-corrected chi connectivity index (χ1v) is 10.8. The Bertz CT molecular complexity index is 1180. The van der Waals surface area contributed by atoms with Crippen LogP contribution < -0.4 is 10.2 Å². The second-order valence-corrected chi connectivity index (χ2v) is 7.66. The molecule has 7 nitrogen and oxygen atoms in total. The fourth-order valence-corrected chi connectivity index (χ4v) is 3.80. The molecule has 0 saturated carbocycles. The van der Waals surface area contributed by atoms with Crippen LogP contribution in [0.1, 0.15) is 37.0 Å². The fourth-order valence-electron chi connectivity index (χ4n) is 3.80. The van der Waals surface area contributed by atoms with Crippen LogP contribution in [-0.2, 0) is 4.79 Å². The number of pyridine rings is 1. The zero-order chi connectivity index (χ0) is 22.5. The largest absolute Gasteiger partial charge is 0.494 e. The summed E-state index contributed by atoms with van der Waals surface area (Å²) in [5, 5.41) is 5.10. The maximum Gasteiger partial charge on any atom is 0.272 e. The molecule has 1 aliphatic heterocycles. The molecule has 2 aromatic carbocycles. The molecule has 1 aliphatic rings. The number of likely N-dealkylation sites (tertiary alicyclic amines) is 1. The summed E-state index contributed by atoms with van der Waals surface area (Å²) < 4.78 is 5.61. The van der Waals surface area contributed by atoms with Crippen LogP contribution in [-0.4, -0.2) is 47.1 Å². The summed E-state index contributed by atoms with van der Waals surface area (Å²) in [6, 6.07) is 17.0. The van der Waals surface area contributed by atoms with Gasteiger partial charge in [-0.2, -0.15) is 5.10 Å². The molecule has 0 spiro atoms. The van der Waals surface area contributed by atoms with Crippen LogP contribution in [0.15, 0.2) is 59.7 Å². The Morgan fingerprint density at radius 1 is 1.09 bits per heavy atom. The number of benzene rings is 2. The first-order chi connectivity index (χ1) is 15.5. The highest BCUT2D eigenvalue weighted by Gasteiger charge is 2.18. The minimum absolute atomic E-state index is 0.0669. The number of hydrogen-bond acceptors (Lipinski definition) is 5. The van der Waals surface area contributed by atoms with Crippen molar-refractivity contribution in [3.8, 4) is 17.0 Å². The molecule has 32 heavy (non-hydrogen) atoms. The van der Waals surface area contributed by atoms with E-state index in [2.05, 4.69) is 10.5 Å². The van der Waals surface area contributed by atoms with Crippen molar-refractivity contribution in [3.05, 3.63) is 60.2 Å². The van der Waals surface area contributed by atoms with E-state index >= 15 is 0 Å². The quantitative estimate of drug-likeness (QED) is 0.620. The molecule has 0 bridgehead atoms. The molecule has 1 aromatic heterocycles. The number of carbonyl (C=O) groups is 2. The topological polar surface area (TPSA) is 83.9 Å². The van der Waals surface area contributed by atoms with Gasteiger partial charge in [0.2, 0.25) is 5.91 Å². The van der Waals surface area contributed by atoms with Gasteiger partial charge in [0.15, 0.2) is 0 Å². The molecule has 2 amide bonds. The summed E-state index contributed by atoms with van der Waals surface area (Å²) >= 11 is 0. The molecule has 3 aromatic rings. The van der Waals surface area contributed by atoms with Crippen molar-refractivity contribution in [3.63, 3.8) is 0 Å². The molecule has 1 N–H and O–H groups in total. The van der Waals surface area contributed by atoms with Crippen molar-refractivity contribution in [2.75, 3.05) is 19.7 Å². The van der Waals surface area contributed by atoms with Crippen molar-refractivity contribution in [2.45, 2.75) is 26.7 Å². The number of nitrogens with zero attached hydrogens (tertiary/aromatic N) is 3. The number of fused-ring (bicyclic) bond motifs is 1.